The van der Waals surface area contributed by atoms with E-state index in [0.717, 1.165) is 31.5 Å². The van der Waals surface area contributed by atoms with Crippen molar-refractivity contribution in [3.05, 3.63) is 35.9 Å². The zero-order valence-corrected chi connectivity index (χ0v) is 14.9. The Hall–Kier alpha value is -1.59. The number of hydrogen-bond acceptors (Lipinski definition) is 4. The summed E-state index contributed by atoms with van der Waals surface area (Å²) < 4.78 is 4.70. The van der Waals surface area contributed by atoms with Crippen molar-refractivity contribution < 1.29 is 14.3 Å². The van der Waals surface area contributed by atoms with Gasteiger partial charge in [-0.05, 0) is 43.8 Å². The fourth-order valence-electron chi connectivity index (χ4n) is 2.93. The van der Waals surface area contributed by atoms with Crippen molar-refractivity contribution in [2.75, 3.05) is 20.2 Å². The van der Waals surface area contributed by atoms with E-state index in [2.05, 4.69) is 10.6 Å². The first-order valence-corrected chi connectivity index (χ1v) is 8.31. The molecule has 134 valence electrons. The molecule has 5 nitrogen and oxygen atoms in total. The summed E-state index contributed by atoms with van der Waals surface area (Å²) in [6, 6.07) is 9.62. The van der Waals surface area contributed by atoms with Gasteiger partial charge in [0.2, 0.25) is 5.91 Å². The normalized spacial score (nSPS) is 17.6. The number of nitrogens with one attached hydrogen (secondary N) is 2. The average molecular weight is 355 g/mol. The second-order valence-corrected chi connectivity index (χ2v) is 6.04. The van der Waals surface area contributed by atoms with E-state index in [-0.39, 0.29) is 30.3 Å². The van der Waals surface area contributed by atoms with E-state index >= 15 is 0 Å². The highest BCUT2D eigenvalue weighted by molar-refractivity contribution is 5.85. The Morgan fingerprint density at radius 1 is 1.29 bits per heavy atom. The average Bonchev–Trinajstić information content (AvgIpc) is 3.10. The molecular formula is C18H27ClN2O3. The number of rotatable bonds is 8. The van der Waals surface area contributed by atoms with E-state index in [9.17, 15) is 9.59 Å². The predicted molar refractivity (Wildman–Crippen MR) is 96.0 cm³/mol. The summed E-state index contributed by atoms with van der Waals surface area (Å²) in [5, 5.41) is 6.39. The van der Waals surface area contributed by atoms with Gasteiger partial charge in [0.25, 0.3) is 0 Å². The molecule has 0 bridgehead atoms. The summed E-state index contributed by atoms with van der Waals surface area (Å²) in [6.07, 6.45) is 3.44. The minimum absolute atomic E-state index is 0. The predicted octanol–water partition coefficient (Wildman–Crippen LogP) is 2.61. The molecule has 0 radical (unpaired) electrons. The molecule has 2 unspecified atom stereocenters. The van der Waals surface area contributed by atoms with Gasteiger partial charge in [0.05, 0.1) is 13.2 Å². The Morgan fingerprint density at radius 2 is 2.04 bits per heavy atom. The van der Waals surface area contributed by atoms with Gasteiger partial charge in [-0.2, -0.15) is 0 Å². The van der Waals surface area contributed by atoms with Crippen LogP contribution in [-0.2, 0) is 14.3 Å². The van der Waals surface area contributed by atoms with Crippen molar-refractivity contribution >= 4 is 24.3 Å². The highest BCUT2D eigenvalue weighted by Crippen LogP contribution is 2.20. The van der Waals surface area contributed by atoms with Crippen LogP contribution in [0.15, 0.2) is 30.3 Å². The van der Waals surface area contributed by atoms with E-state index < -0.39 is 0 Å². The number of amides is 1. The molecule has 1 fully saturated rings. The Morgan fingerprint density at radius 3 is 2.67 bits per heavy atom. The Kier molecular flexibility index (Phi) is 9.42. The van der Waals surface area contributed by atoms with Crippen LogP contribution in [0.25, 0.3) is 0 Å². The minimum atomic E-state index is -0.253. The molecule has 2 rings (SSSR count). The molecule has 1 aliphatic heterocycles. The molecule has 1 aromatic rings. The molecule has 0 saturated carbocycles. The number of benzene rings is 1. The third kappa shape index (κ3) is 6.89. The van der Waals surface area contributed by atoms with Crippen molar-refractivity contribution in [1.82, 2.24) is 10.6 Å². The molecule has 1 amide bonds. The van der Waals surface area contributed by atoms with Crippen LogP contribution in [0.5, 0.6) is 0 Å². The summed E-state index contributed by atoms with van der Waals surface area (Å²) in [5.41, 5.74) is 1.02. The molecule has 2 N–H and O–H groups in total. The molecule has 1 aromatic carbocycles. The van der Waals surface area contributed by atoms with Crippen LogP contribution in [0.3, 0.4) is 0 Å². The van der Waals surface area contributed by atoms with Gasteiger partial charge in [-0.1, -0.05) is 30.3 Å². The van der Waals surface area contributed by atoms with E-state index in [1.807, 2.05) is 30.3 Å². The SMILES string of the molecule is COC(=O)CCC(NC(=O)CCC1CCNC1)c1ccccc1.Cl. The summed E-state index contributed by atoms with van der Waals surface area (Å²) in [4.78, 5) is 23.6. The first-order valence-electron chi connectivity index (χ1n) is 8.31. The van der Waals surface area contributed by atoms with E-state index in [1.165, 1.54) is 7.11 Å². The molecule has 0 aliphatic carbocycles. The summed E-state index contributed by atoms with van der Waals surface area (Å²) in [7, 11) is 1.38. The van der Waals surface area contributed by atoms with Gasteiger partial charge in [-0.3, -0.25) is 9.59 Å². The van der Waals surface area contributed by atoms with E-state index in [4.69, 9.17) is 4.74 Å². The van der Waals surface area contributed by atoms with Crippen LogP contribution in [-0.4, -0.2) is 32.1 Å². The van der Waals surface area contributed by atoms with Gasteiger partial charge in [0.1, 0.15) is 0 Å². The molecule has 2 atom stereocenters. The molecule has 1 aliphatic rings. The largest absolute Gasteiger partial charge is 0.469 e. The maximum atomic E-state index is 12.3. The van der Waals surface area contributed by atoms with Gasteiger partial charge in [-0.25, -0.2) is 0 Å². The number of methoxy groups -OCH3 is 1. The number of carbonyl (C=O) groups is 2. The zero-order valence-electron chi connectivity index (χ0n) is 14.1. The van der Waals surface area contributed by atoms with Gasteiger partial charge in [-0.15, -0.1) is 12.4 Å². The number of hydrogen-bond donors (Lipinski definition) is 2. The first kappa shape index (κ1) is 20.5. The standard InChI is InChI=1S/C18H26N2O3.ClH/c1-23-18(22)10-8-16(15-5-3-2-4-6-15)20-17(21)9-7-14-11-12-19-13-14;/h2-6,14,16,19H,7-13H2,1H3,(H,20,21);1H. The zero-order chi connectivity index (χ0) is 16.5. The van der Waals surface area contributed by atoms with Gasteiger partial charge in [0, 0.05) is 12.8 Å². The smallest absolute Gasteiger partial charge is 0.305 e. The summed E-state index contributed by atoms with van der Waals surface area (Å²) in [6.45, 7) is 2.07. The highest BCUT2D eigenvalue weighted by Gasteiger charge is 2.19. The number of esters is 1. The Bertz CT molecular complexity index is 504. The van der Waals surface area contributed by atoms with Crippen LogP contribution in [0.1, 0.15) is 43.7 Å². The van der Waals surface area contributed by atoms with Crippen molar-refractivity contribution in [3.63, 3.8) is 0 Å². The van der Waals surface area contributed by atoms with Crippen molar-refractivity contribution in [2.24, 2.45) is 5.92 Å². The lowest BCUT2D eigenvalue weighted by Gasteiger charge is -2.19. The molecule has 1 heterocycles. The van der Waals surface area contributed by atoms with Gasteiger partial charge in [0.15, 0.2) is 0 Å². The van der Waals surface area contributed by atoms with Crippen LogP contribution in [0.4, 0.5) is 0 Å². The van der Waals surface area contributed by atoms with Crippen molar-refractivity contribution in [3.8, 4) is 0 Å². The number of ether oxygens (including phenoxy) is 1. The summed E-state index contributed by atoms with van der Waals surface area (Å²) >= 11 is 0. The van der Waals surface area contributed by atoms with Crippen LogP contribution < -0.4 is 10.6 Å². The van der Waals surface area contributed by atoms with Gasteiger partial charge >= 0.3 is 5.97 Å². The molecule has 24 heavy (non-hydrogen) atoms. The lowest BCUT2D eigenvalue weighted by atomic mass is 10.00. The third-order valence-electron chi connectivity index (χ3n) is 4.34. The van der Waals surface area contributed by atoms with Crippen LogP contribution in [0, 0.1) is 5.92 Å². The molecule has 0 aromatic heterocycles. The molecule has 1 saturated heterocycles. The molecular weight excluding hydrogens is 328 g/mol. The summed E-state index contributed by atoms with van der Waals surface area (Å²) in [5.74, 6) is 0.402. The lowest BCUT2D eigenvalue weighted by Crippen LogP contribution is -2.29. The fourth-order valence-corrected chi connectivity index (χ4v) is 2.93. The quantitative estimate of drug-likeness (QED) is 0.704. The fraction of sp³-hybridized carbons (Fsp3) is 0.556. The van der Waals surface area contributed by atoms with E-state index in [1.54, 1.807) is 0 Å². The first-order chi connectivity index (χ1) is 11.2. The second-order valence-electron chi connectivity index (χ2n) is 6.04. The molecule has 0 spiro atoms. The minimum Gasteiger partial charge on any atom is -0.469 e. The van der Waals surface area contributed by atoms with E-state index in [0.29, 0.717) is 25.2 Å². The second kappa shape index (κ2) is 11.0. The highest BCUT2D eigenvalue weighted by atomic mass is 35.5. The number of halogens is 1. The van der Waals surface area contributed by atoms with Crippen LogP contribution in [0.2, 0.25) is 0 Å². The monoisotopic (exact) mass is 354 g/mol. The molecule has 6 heteroatoms. The topological polar surface area (TPSA) is 67.4 Å². The Labute approximate surface area is 149 Å². The number of carbonyl (C=O) groups excluding carboxylic acids is 2. The van der Waals surface area contributed by atoms with Crippen molar-refractivity contribution in [1.29, 1.82) is 0 Å². The maximum absolute atomic E-state index is 12.3. The van der Waals surface area contributed by atoms with Crippen LogP contribution >= 0.6 is 12.4 Å². The Balaban J connectivity index is 0.00000288. The third-order valence-corrected chi connectivity index (χ3v) is 4.34. The van der Waals surface area contributed by atoms with Gasteiger partial charge < -0.3 is 15.4 Å². The maximum Gasteiger partial charge on any atom is 0.305 e. The lowest BCUT2D eigenvalue weighted by molar-refractivity contribution is -0.141. The van der Waals surface area contributed by atoms with Crippen molar-refractivity contribution in [2.45, 2.75) is 38.1 Å².